The molecule has 1 heterocycles. The average Bonchev–Trinajstić information content (AvgIpc) is 3.08. The molecule has 1 fully saturated rings. The quantitative estimate of drug-likeness (QED) is 0.815. The predicted octanol–water partition coefficient (Wildman–Crippen LogP) is 4.01. The van der Waals surface area contributed by atoms with Crippen LogP contribution >= 0.6 is 0 Å². The number of hydrogen-bond donors (Lipinski definition) is 0. The van der Waals surface area contributed by atoms with Crippen molar-refractivity contribution in [3.05, 3.63) is 23.4 Å². The molecular formula is C13H16F3NO. The first kappa shape index (κ1) is 13.2. The molecule has 1 aliphatic rings. The maximum absolute atomic E-state index is 12.6. The van der Waals surface area contributed by atoms with Crippen LogP contribution in [0.4, 0.5) is 13.2 Å². The Kier molecular flexibility index (Phi) is 3.50. The summed E-state index contributed by atoms with van der Waals surface area (Å²) >= 11 is 0. The van der Waals surface area contributed by atoms with Crippen molar-refractivity contribution in [2.24, 2.45) is 5.92 Å². The lowest BCUT2D eigenvalue weighted by atomic mass is 10.0. The molecule has 0 unspecified atom stereocenters. The van der Waals surface area contributed by atoms with Gasteiger partial charge in [0.05, 0.1) is 6.61 Å². The Labute approximate surface area is 104 Å². The van der Waals surface area contributed by atoms with Crippen LogP contribution in [0.25, 0.3) is 0 Å². The molecule has 0 radical (unpaired) electrons. The molecule has 0 atom stereocenters. The molecule has 2 nitrogen and oxygen atoms in total. The zero-order chi connectivity index (χ0) is 13.3. The van der Waals surface area contributed by atoms with Crippen LogP contribution in [0.2, 0.25) is 0 Å². The number of pyridine rings is 1. The fraction of sp³-hybridized carbons (Fsp3) is 0.615. The monoisotopic (exact) mass is 259 g/mol. The first-order chi connectivity index (χ1) is 8.38. The summed E-state index contributed by atoms with van der Waals surface area (Å²) in [6.07, 6.45) is -2.24. The third-order valence-electron chi connectivity index (χ3n) is 2.95. The predicted molar refractivity (Wildman–Crippen MR) is 61.5 cm³/mol. The highest BCUT2D eigenvalue weighted by atomic mass is 19.4. The van der Waals surface area contributed by atoms with Crippen molar-refractivity contribution in [1.29, 1.82) is 0 Å². The van der Waals surface area contributed by atoms with Crippen LogP contribution < -0.4 is 4.74 Å². The number of alkyl halides is 3. The summed E-state index contributed by atoms with van der Waals surface area (Å²) in [7, 11) is 0. The van der Waals surface area contributed by atoms with Crippen molar-refractivity contribution in [3.8, 4) is 5.88 Å². The zero-order valence-corrected chi connectivity index (χ0v) is 10.4. The number of halogens is 3. The van der Waals surface area contributed by atoms with Gasteiger partial charge in [0.2, 0.25) is 5.88 Å². The van der Waals surface area contributed by atoms with E-state index >= 15 is 0 Å². The van der Waals surface area contributed by atoms with Crippen molar-refractivity contribution in [2.45, 2.75) is 38.8 Å². The Balaban J connectivity index is 2.24. The van der Waals surface area contributed by atoms with Gasteiger partial charge < -0.3 is 4.74 Å². The molecule has 0 spiro atoms. The van der Waals surface area contributed by atoms with Crippen LogP contribution in [-0.4, -0.2) is 11.6 Å². The number of hydrogen-bond acceptors (Lipinski definition) is 2. The summed E-state index contributed by atoms with van der Waals surface area (Å²) < 4.78 is 43.2. The number of aromatic nitrogens is 1. The van der Waals surface area contributed by atoms with E-state index in [-0.39, 0.29) is 11.8 Å². The minimum absolute atomic E-state index is 0.0917. The topological polar surface area (TPSA) is 22.1 Å². The summed E-state index contributed by atoms with van der Waals surface area (Å²) in [4.78, 5) is 3.62. The molecule has 0 saturated heterocycles. The number of nitrogens with zero attached hydrogens (tertiary/aromatic N) is 1. The van der Waals surface area contributed by atoms with E-state index in [0.717, 1.165) is 24.5 Å². The molecule has 1 aromatic rings. The van der Waals surface area contributed by atoms with Crippen molar-refractivity contribution in [1.82, 2.24) is 4.98 Å². The normalized spacial score (nSPS) is 16.1. The first-order valence-corrected chi connectivity index (χ1v) is 6.09. The molecule has 0 N–H and O–H groups in total. The highest BCUT2D eigenvalue weighted by molar-refractivity contribution is 5.31. The lowest BCUT2D eigenvalue weighted by Crippen LogP contribution is -2.12. The van der Waals surface area contributed by atoms with E-state index in [1.807, 2.05) is 13.8 Å². The highest BCUT2D eigenvalue weighted by Gasteiger charge is 2.33. The molecule has 2 rings (SSSR count). The minimum atomic E-state index is -4.42. The number of rotatable bonds is 4. The fourth-order valence-electron chi connectivity index (χ4n) is 1.65. The maximum Gasteiger partial charge on any atom is 0.433 e. The second-order valence-corrected chi connectivity index (χ2v) is 5.00. The molecule has 1 aliphatic carbocycles. The summed E-state index contributed by atoms with van der Waals surface area (Å²) in [5.41, 5.74) is -0.165. The molecular weight excluding hydrogens is 243 g/mol. The smallest absolute Gasteiger partial charge is 0.433 e. The Morgan fingerprint density at radius 3 is 2.50 bits per heavy atom. The molecule has 0 amide bonds. The zero-order valence-electron chi connectivity index (χ0n) is 10.4. The molecule has 1 aromatic heterocycles. The van der Waals surface area contributed by atoms with Gasteiger partial charge in [-0.2, -0.15) is 13.2 Å². The molecule has 100 valence electrons. The van der Waals surface area contributed by atoms with Gasteiger partial charge in [0.25, 0.3) is 0 Å². The van der Waals surface area contributed by atoms with Crippen LogP contribution in [0.1, 0.15) is 43.9 Å². The third kappa shape index (κ3) is 3.15. The fourth-order valence-corrected chi connectivity index (χ4v) is 1.65. The molecule has 0 aromatic carbocycles. The van der Waals surface area contributed by atoms with Gasteiger partial charge in [0.1, 0.15) is 5.69 Å². The SMILES string of the molecule is CC(C)c1ccc(C(F)(F)F)nc1OCC1CC1. The van der Waals surface area contributed by atoms with Crippen LogP contribution in [0, 0.1) is 5.92 Å². The van der Waals surface area contributed by atoms with Crippen LogP contribution in [-0.2, 0) is 6.18 Å². The van der Waals surface area contributed by atoms with Crippen LogP contribution in [0.5, 0.6) is 5.88 Å². The van der Waals surface area contributed by atoms with E-state index in [2.05, 4.69) is 4.98 Å². The summed E-state index contributed by atoms with van der Waals surface area (Å²) in [5.74, 6) is 0.710. The van der Waals surface area contributed by atoms with Crippen molar-refractivity contribution in [3.63, 3.8) is 0 Å². The lowest BCUT2D eigenvalue weighted by molar-refractivity contribution is -0.141. The lowest BCUT2D eigenvalue weighted by Gasteiger charge is -2.15. The molecule has 18 heavy (non-hydrogen) atoms. The van der Waals surface area contributed by atoms with Gasteiger partial charge in [-0.1, -0.05) is 19.9 Å². The maximum atomic E-state index is 12.6. The van der Waals surface area contributed by atoms with Gasteiger partial charge in [0.15, 0.2) is 0 Å². The van der Waals surface area contributed by atoms with Gasteiger partial charge in [-0.25, -0.2) is 4.98 Å². The Morgan fingerprint density at radius 1 is 1.33 bits per heavy atom. The van der Waals surface area contributed by atoms with E-state index in [0.29, 0.717) is 12.5 Å². The highest BCUT2D eigenvalue weighted by Crippen LogP contribution is 2.34. The van der Waals surface area contributed by atoms with Crippen molar-refractivity contribution >= 4 is 0 Å². The Bertz CT molecular complexity index is 425. The van der Waals surface area contributed by atoms with Gasteiger partial charge in [-0.15, -0.1) is 0 Å². The van der Waals surface area contributed by atoms with E-state index in [4.69, 9.17) is 4.74 Å². The van der Waals surface area contributed by atoms with Gasteiger partial charge in [0, 0.05) is 5.56 Å². The third-order valence-corrected chi connectivity index (χ3v) is 2.95. The standard InChI is InChI=1S/C13H16F3NO/c1-8(2)10-5-6-11(13(14,15)16)17-12(10)18-7-9-3-4-9/h5-6,8-9H,3-4,7H2,1-2H3. The van der Waals surface area contributed by atoms with E-state index in [9.17, 15) is 13.2 Å². The Morgan fingerprint density at radius 2 is 2.00 bits per heavy atom. The molecule has 5 heteroatoms. The van der Waals surface area contributed by atoms with E-state index < -0.39 is 11.9 Å². The van der Waals surface area contributed by atoms with E-state index in [1.54, 1.807) is 0 Å². The minimum Gasteiger partial charge on any atom is -0.477 e. The molecule has 0 aliphatic heterocycles. The second-order valence-electron chi connectivity index (χ2n) is 5.00. The Hall–Kier alpha value is -1.26. The van der Waals surface area contributed by atoms with Crippen LogP contribution in [0.3, 0.4) is 0 Å². The van der Waals surface area contributed by atoms with Crippen LogP contribution in [0.15, 0.2) is 12.1 Å². The van der Waals surface area contributed by atoms with Crippen molar-refractivity contribution < 1.29 is 17.9 Å². The largest absolute Gasteiger partial charge is 0.477 e. The van der Waals surface area contributed by atoms with Gasteiger partial charge in [-0.3, -0.25) is 0 Å². The molecule has 0 bridgehead atoms. The summed E-state index contributed by atoms with van der Waals surface area (Å²) in [6, 6.07) is 2.47. The van der Waals surface area contributed by atoms with Gasteiger partial charge >= 0.3 is 6.18 Å². The molecule has 1 saturated carbocycles. The summed E-state index contributed by atoms with van der Waals surface area (Å²) in [5, 5.41) is 0. The average molecular weight is 259 g/mol. The van der Waals surface area contributed by atoms with Gasteiger partial charge in [-0.05, 0) is 30.7 Å². The second kappa shape index (κ2) is 4.78. The summed E-state index contributed by atoms with van der Waals surface area (Å²) in [6.45, 7) is 4.29. The van der Waals surface area contributed by atoms with E-state index in [1.165, 1.54) is 6.07 Å². The van der Waals surface area contributed by atoms with Crippen molar-refractivity contribution in [2.75, 3.05) is 6.61 Å². The first-order valence-electron chi connectivity index (χ1n) is 6.09. The number of ether oxygens (including phenoxy) is 1.